The number of esters is 1. The van der Waals surface area contributed by atoms with Crippen molar-refractivity contribution in [3.8, 4) is 5.75 Å². The average molecular weight is 514 g/mol. The van der Waals surface area contributed by atoms with Gasteiger partial charge in [0.15, 0.2) is 10.9 Å². The number of benzene rings is 1. The van der Waals surface area contributed by atoms with Crippen molar-refractivity contribution in [3.05, 3.63) is 51.4 Å². The van der Waals surface area contributed by atoms with Crippen molar-refractivity contribution in [1.82, 2.24) is 9.97 Å². The first kappa shape index (κ1) is 28.1. The summed E-state index contributed by atoms with van der Waals surface area (Å²) in [5.41, 5.74) is 7.90. The lowest BCUT2D eigenvalue weighted by molar-refractivity contribution is -0.136. The second-order valence-corrected chi connectivity index (χ2v) is 11.5. The van der Waals surface area contributed by atoms with Crippen LogP contribution in [-0.4, -0.2) is 33.5 Å². The highest BCUT2D eigenvalue weighted by atomic mass is 32.2. The van der Waals surface area contributed by atoms with Crippen LogP contribution in [0.2, 0.25) is 0 Å². The molecule has 0 aliphatic heterocycles. The van der Waals surface area contributed by atoms with Crippen molar-refractivity contribution in [1.29, 1.82) is 0 Å². The van der Waals surface area contributed by atoms with E-state index in [0.717, 1.165) is 17.7 Å². The number of aromatic amines is 1. The molecule has 1 aromatic heterocycles. The number of Topliss-reactive ketones (excluding diaryl/α,β-unsaturated/α-hetero) is 1. The number of thioether (sulfide) groups is 1. The molecular weight excluding hydrogens is 474 g/mol. The molecule has 1 aliphatic carbocycles. The molecule has 0 radical (unpaired) electrons. The molecule has 0 saturated heterocycles. The Hall–Kier alpha value is -2.45. The van der Waals surface area contributed by atoms with Gasteiger partial charge in [-0.1, -0.05) is 71.6 Å². The monoisotopic (exact) mass is 513 g/mol. The van der Waals surface area contributed by atoms with Gasteiger partial charge in [0, 0.05) is 11.1 Å². The molecule has 1 fully saturated rings. The summed E-state index contributed by atoms with van der Waals surface area (Å²) in [7, 11) is 0. The largest absolute Gasteiger partial charge is 0.425 e. The average Bonchev–Trinajstić information content (AvgIpc) is 2.82. The van der Waals surface area contributed by atoms with Gasteiger partial charge in [0.05, 0.1) is 11.4 Å². The summed E-state index contributed by atoms with van der Waals surface area (Å²) in [5, 5.41) is 0.480. The Kier molecular flexibility index (Phi) is 10.3. The number of H-pyrrole nitrogens is 1. The van der Waals surface area contributed by atoms with Gasteiger partial charge in [-0.25, -0.2) is 9.78 Å². The van der Waals surface area contributed by atoms with Crippen LogP contribution in [0.3, 0.4) is 0 Å². The zero-order valence-corrected chi connectivity index (χ0v) is 22.7. The molecule has 1 heterocycles. The summed E-state index contributed by atoms with van der Waals surface area (Å²) >= 11 is 1.24. The third-order valence-electron chi connectivity index (χ3n) is 6.56. The number of carbonyl (C=O) groups excluding carboxylic acids is 2. The molecule has 1 aliphatic rings. The van der Waals surface area contributed by atoms with Gasteiger partial charge in [0.1, 0.15) is 11.8 Å². The molecule has 1 saturated carbocycles. The summed E-state index contributed by atoms with van der Waals surface area (Å²) in [6.45, 7) is 8.03. The van der Waals surface area contributed by atoms with Gasteiger partial charge in [0.2, 0.25) is 0 Å². The quantitative estimate of drug-likeness (QED) is 0.138. The van der Waals surface area contributed by atoms with Crippen molar-refractivity contribution >= 4 is 23.5 Å². The maximum absolute atomic E-state index is 12.8. The van der Waals surface area contributed by atoms with Crippen LogP contribution in [0, 0.1) is 11.8 Å². The van der Waals surface area contributed by atoms with Crippen LogP contribution >= 0.6 is 11.8 Å². The molecule has 8 heteroatoms. The lowest BCUT2D eigenvalue weighted by atomic mass is 9.84. The van der Waals surface area contributed by atoms with Crippen molar-refractivity contribution in [3.63, 3.8) is 0 Å². The highest BCUT2D eigenvalue weighted by molar-refractivity contribution is 7.99. The van der Waals surface area contributed by atoms with E-state index in [0.29, 0.717) is 34.7 Å². The van der Waals surface area contributed by atoms with Gasteiger partial charge in [-0.3, -0.25) is 9.59 Å². The van der Waals surface area contributed by atoms with Crippen molar-refractivity contribution in [2.45, 2.75) is 89.8 Å². The van der Waals surface area contributed by atoms with Crippen LogP contribution < -0.4 is 16.0 Å². The molecule has 1 unspecified atom stereocenters. The van der Waals surface area contributed by atoms with Gasteiger partial charge in [0.25, 0.3) is 5.56 Å². The molecule has 0 bridgehead atoms. The van der Waals surface area contributed by atoms with Crippen LogP contribution in [0.4, 0.5) is 0 Å². The number of ketones is 1. The molecule has 3 N–H and O–H groups in total. The normalized spacial score (nSPS) is 15.3. The van der Waals surface area contributed by atoms with E-state index in [1.165, 1.54) is 43.9 Å². The predicted molar refractivity (Wildman–Crippen MR) is 144 cm³/mol. The number of hydrogen-bond acceptors (Lipinski definition) is 7. The van der Waals surface area contributed by atoms with E-state index in [1.807, 2.05) is 27.7 Å². The first-order valence-corrected chi connectivity index (χ1v) is 14.0. The van der Waals surface area contributed by atoms with E-state index in [4.69, 9.17) is 15.5 Å². The molecule has 1 atom stereocenters. The van der Waals surface area contributed by atoms with Crippen molar-refractivity contribution < 1.29 is 14.3 Å². The maximum Gasteiger partial charge on any atom is 0.328 e. The Morgan fingerprint density at radius 1 is 1.11 bits per heavy atom. The number of aromatic nitrogens is 2. The molecular formula is C28H39N3O4S. The third kappa shape index (κ3) is 8.03. The van der Waals surface area contributed by atoms with Gasteiger partial charge in [-0.2, -0.15) is 0 Å². The summed E-state index contributed by atoms with van der Waals surface area (Å²) in [6.07, 6.45) is 7.50. The molecule has 1 aromatic carbocycles. The minimum atomic E-state index is -0.678. The van der Waals surface area contributed by atoms with E-state index in [9.17, 15) is 14.4 Å². The zero-order valence-electron chi connectivity index (χ0n) is 21.8. The Balaban J connectivity index is 1.63. The minimum absolute atomic E-state index is 0.0908. The fraction of sp³-hybridized carbons (Fsp3) is 0.571. The number of nitrogens with one attached hydrogen (secondary N) is 1. The van der Waals surface area contributed by atoms with Gasteiger partial charge >= 0.3 is 5.97 Å². The van der Waals surface area contributed by atoms with E-state index in [-0.39, 0.29) is 23.0 Å². The number of nitrogens with zero attached hydrogens (tertiary/aromatic N) is 1. The van der Waals surface area contributed by atoms with Crippen LogP contribution in [-0.2, 0) is 11.2 Å². The minimum Gasteiger partial charge on any atom is -0.425 e. The van der Waals surface area contributed by atoms with Crippen LogP contribution in [0.15, 0.2) is 34.2 Å². The number of carbonyl (C=O) groups is 2. The molecule has 3 rings (SSSR count). The first-order chi connectivity index (χ1) is 17.1. The topological polar surface area (TPSA) is 115 Å². The summed E-state index contributed by atoms with van der Waals surface area (Å²) in [4.78, 5) is 45.4. The number of nitrogens with two attached hydrogens (primary N) is 1. The number of ether oxygens (including phenoxy) is 1. The summed E-state index contributed by atoms with van der Waals surface area (Å²) in [6, 6.07) is 5.77. The third-order valence-corrected chi connectivity index (χ3v) is 7.43. The Bertz CT molecular complexity index is 1090. The Labute approximate surface area is 218 Å². The Morgan fingerprint density at radius 3 is 2.39 bits per heavy atom. The second kappa shape index (κ2) is 13.2. The molecule has 36 heavy (non-hydrogen) atoms. The second-order valence-electron chi connectivity index (χ2n) is 10.5. The fourth-order valence-electron chi connectivity index (χ4n) is 4.71. The SMILES string of the molecule is CC(C)CC(N)C(=O)Oc1ccc(C(=O)CSc2nc(CC3CCCCC3)c(C(C)C)c(=O)[nH]2)cc1. The van der Waals surface area contributed by atoms with E-state index in [1.54, 1.807) is 24.3 Å². The fourth-order valence-corrected chi connectivity index (χ4v) is 5.49. The highest BCUT2D eigenvalue weighted by Crippen LogP contribution is 2.29. The van der Waals surface area contributed by atoms with Gasteiger partial charge < -0.3 is 15.5 Å². The van der Waals surface area contributed by atoms with E-state index in [2.05, 4.69) is 4.98 Å². The van der Waals surface area contributed by atoms with Crippen LogP contribution in [0.25, 0.3) is 0 Å². The lowest BCUT2D eigenvalue weighted by Crippen LogP contribution is -2.35. The van der Waals surface area contributed by atoms with Crippen LogP contribution in [0.5, 0.6) is 5.75 Å². The number of hydrogen-bond donors (Lipinski definition) is 2. The highest BCUT2D eigenvalue weighted by Gasteiger charge is 2.21. The van der Waals surface area contributed by atoms with Gasteiger partial charge in [-0.05, 0) is 54.9 Å². The smallest absolute Gasteiger partial charge is 0.328 e. The van der Waals surface area contributed by atoms with Gasteiger partial charge in [-0.15, -0.1) is 0 Å². The number of rotatable bonds is 11. The molecule has 2 aromatic rings. The van der Waals surface area contributed by atoms with Crippen molar-refractivity contribution in [2.75, 3.05) is 5.75 Å². The predicted octanol–water partition coefficient (Wildman–Crippen LogP) is 5.27. The first-order valence-electron chi connectivity index (χ1n) is 13.0. The lowest BCUT2D eigenvalue weighted by Gasteiger charge is -2.22. The Morgan fingerprint density at radius 2 is 1.78 bits per heavy atom. The molecule has 196 valence electrons. The molecule has 0 amide bonds. The summed E-state index contributed by atoms with van der Waals surface area (Å²) < 4.78 is 5.33. The molecule has 7 nitrogen and oxygen atoms in total. The summed E-state index contributed by atoms with van der Waals surface area (Å²) in [5.74, 6) is 0.864. The standard InChI is InChI=1S/C28H39N3O4S/c1-17(2)14-22(29)27(34)35-21-12-10-20(11-13-21)24(32)16-36-28-30-23(15-19-8-6-5-7-9-19)25(18(3)4)26(33)31-28/h10-13,17-19,22H,5-9,14-16,29H2,1-4H3,(H,30,31,33). The molecule has 0 spiro atoms. The van der Waals surface area contributed by atoms with E-state index < -0.39 is 12.0 Å². The van der Waals surface area contributed by atoms with Crippen molar-refractivity contribution in [2.24, 2.45) is 17.6 Å². The van der Waals surface area contributed by atoms with Crippen LogP contribution in [0.1, 0.15) is 93.8 Å². The maximum atomic E-state index is 12.8. The zero-order chi connectivity index (χ0) is 26.2. The van der Waals surface area contributed by atoms with E-state index >= 15 is 0 Å².